The van der Waals surface area contributed by atoms with E-state index in [-0.39, 0.29) is 5.57 Å². The van der Waals surface area contributed by atoms with Gasteiger partial charge in [0.1, 0.15) is 11.6 Å². The predicted molar refractivity (Wildman–Crippen MR) is 114 cm³/mol. The molecule has 0 radical (unpaired) electrons. The number of hydrogen-bond donors (Lipinski definition) is 1. The van der Waals surface area contributed by atoms with Gasteiger partial charge in [-0.15, -0.1) is 0 Å². The Morgan fingerprint density at radius 3 is 2.55 bits per heavy atom. The zero-order chi connectivity index (χ0) is 22.6. The fraction of sp³-hybridized carbons (Fsp3) is 0.0909. The molecular weight excluding hydrogens is 450 g/mol. The molecule has 3 rings (SSSR count). The topological polar surface area (TPSA) is 57.8 Å². The van der Waals surface area contributed by atoms with Gasteiger partial charge in [-0.1, -0.05) is 41.4 Å². The number of alkyl halides is 3. The normalized spacial score (nSPS) is 11.8. The molecule has 0 spiro atoms. The number of nitrogens with one attached hydrogen (secondary N) is 1. The van der Waals surface area contributed by atoms with E-state index < -0.39 is 23.3 Å². The molecule has 0 aliphatic heterocycles. The molecule has 0 atom stereocenters. The smallest absolute Gasteiger partial charge is 0.343 e. The first-order chi connectivity index (χ1) is 14.7. The predicted octanol–water partition coefficient (Wildman–Crippen LogP) is 6.41. The molecule has 158 valence electrons. The third-order valence-corrected chi connectivity index (χ3v) is 4.95. The lowest BCUT2D eigenvalue weighted by Crippen LogP contribution is -2.17. The lowest BCUT2D eigenvalue weighted by molar-refractivity contribution is -0.137. The number of nitrogens with zero attached hydrogens (tertiary/aromatic N) is 2. The highest BCUT2D eigenvalue weighted by Crippen LogP contribution is 2.34. The number of aromatic nitrogens is 1. The van der Waals surface area contributed by atoms with Crippen molar-refractivity contribution in [2.24, 2.45) is 0 Å². The van der Waals surface area contributed by atoms with E-state index in [1.54, 1.807) is 47.2 Å². The Hall–Kier alpha value is -3.21. The van der Waals surface area contributed by atoms with E-state index in [2.05, 4.69) is 5.32 Å². The second-order valence-corrected chi connectivity index (χ2v) is 7.31. The van der Waals surface area contributed by atoms with Gasteiger partial charge in [0.2, 0.25) is 0 Å². The number of hydrogen-bond acceptors (Lipinski definition) is 2. The van der Waals surface area contributed by atoms with Crippen LogP contribution >= 0.6 is 23.2 Å². The summed E-state index contributed by atoms with van der Waals surface area (Å²) in [5, 5.41) is 12.5. The van der Waals surface area contributed by atoms with Crippen LogP contribution in [-0.2, 0) is 17.5 Å². The maximum Gasteiger partial charge on any atom is 0.418 e. The second-order valence-electron chi connectivity index (χ2n) is 6.46. The Morgan fingerprint density at radius 1 is 1.13 bits per heavy atom. The fourth-order valence-electron chi connectivity index (χ4n) is 2.86. The number of rotatable bonds is 5. The Morgan fingerprint density at radius 2 is 1.87 bits per heavy atom. The van der Waals surface area contributed by atoms with Gasteiger partial charge < -0.3 is 9.88 Å². The van der Waals surface area contributed by atoms with Crippen LogP contribution in [0.2, 0.25) is 10.0 Å². The minimum absolute atomic E-state index is 0.339. The summed E-state index contributed by atoms with van der Waals surface area (Å²) in [6.07, 6.45) is -1.62. The number of benzene rings is 2. The van der Waals surface area contributed by atoms with Crippen molar-refractivity contribution in [3.05, 3.63) is 93.2 Å². The summed E-state index contributed by atoms with van der Waals surface area (Å²) < 4.78 is 41.2. The van der Waals surface area contributed by atoms with Crippen molar-refractivity contribution < 1.29 is 18.0 Å². The Kier molecular flexibility index (Phi) is 6.74. The summed E-state index contributed by atoms with van der Waals surface area (Å²) in [5.74, 6) is -0.948. The van der Waals surface area contributed by atoms with Gasteiger partial charge in [-0.05, 0) is 48.0 Å². The average molecular weight is 464 g/mol. The zero-order valence-corrected chi connectivity index (χ0v) is 17.3. The van der Waals surface area contributed by atoms with Gasteiger partial charge in [-0.2, -0.15) is 18.4 Å². The lowest BCUT2D eigenvalue weighted by Gasteiger charge is -2.13. The maximum atomic E-state index is 13.2. The van der Waals surface area contributed by atoms with Crippen LogP contribution in [0.25, 0.3) is 6.08 Å². The van der Waals surface area contributed by atoms with E-state index in [4.69, 9.17) is 23.2 Å². The fourth-order valence-corrected chi connectivity index (χ4v) is 3.33. The first-order valence-electron chi connectivity index (χ1n) is 8.87. The third kappa shape index (κ3) is 5.48. The highest BCUT2D eigenvalue weighted by Gasteiger charge is 2.33. The number of nitriles is 1. The van der Waals surface area contributed by atoms with Gasteiger partial charge in [0.05, 0.1) is 11.3 Å². The largest absolute Gasteiger partial charge is 0.418 e. The van der Waals surface area contributed by atoms with Gasteiger partial charge in [-0.3, -0.25) is 4.79 Å². The van der Waals surface area contributed by atoms with Crippen LogP contribution in [-0.4, -0.2) is 10.5 Å². The highest BCUT2D eigenvalue weighted by molar-refractivity contribution is 6.35. The molecule has 3 aromatic rings. The quantitative estimate of drug-likeness (QED) is 0.351. The molecule has 0 aliphatic carbocycles. The van der Waals surface area contributed by atoms with E-state index in [1.807, 2.05) is 0 Å². The van der Waals surface area contributed by atoms with Gasteiger partial charge in [-0.25, -0.2) is 0 Å². The molecule has 0 aliphatic rings. The van der Waals surface area contributed by atoms with E-state index >= 15 is 0 Å². The number of halogens is 5. The average Bonchev–Trinajstić information content (AvgIpc) is 3.14. The Labute approximate surface area is 186 Å². The summed E-state index contributed by atoms with van der Waals surface area (Å²) in [4.78, 5) is 12.5. The minimum atomic E-state index is -4.65. The molecule has 0 unspecified atom stereocenters. The lowest BCUT2D eigenvalue weighted by atomic mass is 10.1. The van der Waals surface area contributed by atoms with Crippen LogP contribution < -0.4 is 5.32 Å². The van der Waals surface area contributed by atoms with Gasteiger partial charge in [0, 0.05) is 28.5 Å². The maximum absolute atomic E-state index is 13.2. The van der Waals surface area contributed by atoms with Crippen LogP contribution in [0.1, 0.15) is 16.8 Å². The van der Waals surface area contributed by atoms with Gasteiger partial charge in [0.25, 0.3) is 5.91 Å². The standard InChI is InChI=1S/C22H14Cl2F3N3O/c23-16-8-7-14(19(24)11-16)13-30-9-3-4-17(30)10-15(12-28)21(31)29-20-6-2-1-5-18(20)22(25,26)27/h1-11H,13H2,(H,29,31)/b15-10-. The highest BCUT2D eigenvalue weighted by atomic mass is 35.5. The molecule has 1 amide bonds. The third-order valence-electron chi connectivity index (χ3n) is 4.36. The molecule has 0 saturated heterocycles. The van der Waals surface area contributed by atoms with Crippen molar-refractivity contribution in [3.63, 3.8) is 0 Å². The molecule has 0 fully saturated rings. The van der Waals surface area contributed by atoms with Crippen molar-refractivity contribution >= 4 is 40.9 Å². The van der Waals surface area contributed by atoms with Crippen molar-refractivity contribution in [1.82, 2.24) is 4.57 Å². The van der Waals surface area contributed by atoms with Crippen molar-refractivity contribution in [2.75, 3.05) is 5.32 Å². The number of anilines is 1. The molecule has 31 heavy (non-hydrogen) atoms. The molecule has 0 bridgehead atoms. The minimum Gasteiger partial charge on any atom is -0.343 e. The molecule has 2 aromatic carbocycles. The van der Waals surface area contributed by atoms with Crippen LogP contribution in [0, 0.1) is 11.3 Å². The van der Waals surface area contributed by atoms with Crippen LogP contribution in [0.15, 0.2) is 66.4 Å². The molecule has 1 N–H and O–H groups in total. The van der Waals surface area contributed by atoms with Crippen LogP contribution in [0.3, 0.4) is 0 Å². The first kappa shape index (κ1) is 22.5. The number of para-hydroxylation sites is 1. The van der Waals surface area contributed by atoms with E-state index in [0.717, 1.165) is 17.7 Å². The summed E-state index contributed by atoms with van der Waals surface area (Å²) in [6, 6.07) is 14.7. The summed E-state index contributed by atoms with van der Waals surface area (Å²) in [7, 11) is 0. The van der Waals surface area contributed by atoms with E-state index in [1.165, 1.54) is 18.2 Å². The van der Waals surface area contributed by atoms with Crippen molar-refractivity contribution in [2.45, 2.75) is 12.7 Å². The number of carbonyl (C=O) groups is 1. The van der Waals surface area contributed by atoms with Crippen LogP contribution in [0.5, 0.6) is 0 Å². The van der Waals surface area contributed by atoms with Gasteiger partial charge >= 0.3 is 6.18 Å². The Bertz CT molecular complexity index is 1190. The SMILES string of the molecule is N#C/C(=C/c1cccn1Cc1ccc(Cl)cc1Cl)C(=O)Nc1ccccc1C(F)(F)F. The molecule has 4 nitrogen and oxygen atoms in total. The van der Waals surface area contributed by atoms with Crippen LogP contribution in [0.4, 0.5) is 18.9 Å². The molecule has 0 saturated carbocycles. The number of carbonyl (C=O) groups excluding carboxylic acids is 1. The Balaban J connectivity index is 1.86. The second kappa shape index (κ2) is 9.29. The summed E-state index contributed by atoms with van der Waals surface area (Å²) in [6.45, 7) is 0.339. The monoisotopic (exact) mass is 463 g/mol. The van der Waals surface area contributed by atoms with Gasteiger partial charge in [0.15, 0.2) is 0 Å². The van der Waals surface area contributed by atoms with E-state index in [9.17, 15) is 23.2 Å². The summed E-state index contributed by atoms with van der Waals surface area (Å²) >= 11 is 12.1. The van der Waals surface area contributed by atoms with Crippen molar-refractivity contribution in [3.8, 4) is 6.07 Å². The molecule has 1 aromatic heterocycles. The molecule has 1 heterocycles. The zero-order valence-electron chi connectivity index (χ0n) is 15.8. The molecular formula is C22H14Cl2F3N3O. The number of amides is 1. The van der Waals surface area contributed by atoms with E-state index in [0.29, 0.717) is 22.3 Å². The first-order valence-corrected chi connectivity index (χ1v) is 9.63. The summed E-state index contributed by atoms with van der Waals surface area (Å²) in [5.41, 5.74) is -0.509. The van der Waals surface area contributed by atoms with Crippen molar-refractivity contribution in [1.29, 1.82) is 5.26 Å². The molecule has 9 heteroatoms.